The van der Waals surface area contributed by atoms with E-state index in [4.69, 9.17) is 0 Å². The van der Waals surface area contributed by atoms with Crippen LogP contribution < -0.4 is 0 Å². The average Bonchev–Trinajstić information content (AvgIpc) is 2.30. The predicted octanol–water partition coefficient (Wildman–Crippen LogP) is 2.10. The zero-order chi connectivity index (χ0) is 10.7. The summed E-state index contributed by atoms with van der Waals surface area (Å²) in [6.45, 7) is 0. The lowest BCUT2D eigenvalue weighted by Crippen LogP contribution is -1.93. The average molecular weight is 202 g/mol. The maximum atomic E-state index is 12.8. The van der Waals surface area contributed by atoms with Crippen molar-refractivity contribution >= 4 is 6.29 Å². The van der Waals surface area contributed by atoms with Crippen molar-refractivity contribution in [1.29, 1.82) is 0 Å². The Balaban J connectivity index is 2.58. The third-order valence-corrected chi connectivity index (χ3v) is 1.95. The minimum Gasteiger partial charge on any atom is -0.298 e. The number of hydrogen-bond acceptors (Lipinski definition) is 3. The number of carbonyl (C=O) groups excluding carboxylic acids is 1. The van der Waals surface area contributed by atoms with Gasteiger partial charge in [0.15, 0.2) is 6.29 Å². The summed E-state index contributed by atoms with van der Waals surface area (Å²) in [5.41, 5.74) is 1.36. The fourth-order valence-electron chi connectivity index (χ4n) is 1.29. The highest BCUT2D eigenvalue weighted by Crippen LogP contribution is 2.19. The van der Waals surface area contributed by atoms with Gasteiger partial charge >= 0.3 is 0 Å². The van der Waals surface area contributed by atoms with Gasteiger partial charge in [0.2, 0.25) is 0 Å². The van der Waals surface area contributed by atoms with Gasteiger partial charge in [0, 0.05) is 23.5 Å². The van der Waals surface area contributed by atoms with Gasteiger partial charge in [-0.05, 0) is 18.2 Å². The highest BCUT2D eigenvalue weighted by molar-refractivity contribution is 5.85. The Hall–Kier alpha value is -2.10. The van der Waals surface area contributed by atoms with Crippen molar-refractivity contribution in [2.45, 2.75) is 0 Å². The summed E-state index contributed by atoms with van der Waals surface area (Å²) in [6, 6.07) is 4.65. The summed E-state index contributed by atoms with van der Waals surface area (Å²) in [6.07, 6.45) is 4.86. The quantitative estimate of drug-likeness (QED) is 0.700. The topological polar surface area (TPSA) is 42.9 Å². The van der Waals surface area contributed by atoms with Crippen molar-refractivity contribution in [2.24, 2.45) is 0 Å². The van der Waals surface area contributed by atoms with Crippen LogP contribution in [0.4, 0.5) is 4.39 Å². The minimum atomic E-state index is -0.523. The van der Waals surface area contributed by atoms with Crippen molar-refractivity contribution in [3.05, 3.63) is 48.2 Å². The van der Waals surface area contributed by atoms with E-state index in [1.165, 1.54) is 0 Å². The van der Waals surface area contributed by atoms with Gasteiger partial charge < -0.3 is 0 Å². The van der Waals surface area contributed by atoms with E-state index in [0.717, 1.165) is 12.3 Å². The number of hydrogen-bond donors (Lipinski definition) is 0. The standard InChI is InChI=1S/C11H7FN2O/c12-10-4-9(7-15)11(14-6-10)8-2-1-3-13-5-8/h1-7H. The van der Waals surface area contributed by atoms with Crippen LogP contribution in [0.1, 0.15) is 10.4 Å². The van der Waals surface area contributed by atoms with E-state index in [1.807, 2.05) is 0 Å². The number of aldehydes is 1. The van der Waals surface area contributed by atoms with Crippen LogP contribution in [0, 0.1) is 5.82 Å². The molecule has 0 saturated heterocycles. The molecule has 0 aliphatic heterocycles. The third-order valence-electron chi connectivity index (χ3n) is 1.95. The molecule has 15 heavy (non-hydrogen) atoms. The molecule has 0 fully saturated rings. The molecule has 2 rings (SSSR count). The fourth-order valence-corrected chi connectivity index (χ4v) is 1.29. The molecule has 0 radical (unpaired) electrons. The smallest absolute Gasteiger partial charge is 0.152 e. The van der Waals surface area contributed by atoms with Crippen LogP contribution in [0.5, 0.6) is 0 Å². The van der Waals surface area contributed by atoms with Crippen LogP contribution >= 0.6 is 0 Å². The molecule has 3 nitrogen and oxygen atoms in total. The molecule has 2 aromatic rings. The summed E-state index contributed by atoms with van der Waals surface area (Å²) >= 11 is 0. The van der Waals surface area contributed by atoms with Gasteiger partial charge in [0.25, 0.3) is 0 Å². The van der Waals surface area contributed by atoms with Crippen molar-refractivity contribution in [3.63, 3.8) is 0 Å². The second-order valence-electron chi connectivity index (χ2n) is 2.95. The number of carbonyl (C=O) groups is 1. The Morgan fingerprint density at radius 1 is 1.33 bits per heavy atom. The Labute approximate surface area is 85.6 Å². The Morgan fingerprint density at radius 2 is 2.20 bits per heavy atom. The number of aromatic nitrogens is 2. The minimum absolute atomic E-state index is 0.225. The van der Waals surface area contributed by atoms with Gasteiger partial charge in [0.05, 0.1) is 11.9 Å². The van der Waals surface area contributed by atoms with E-state index in [-0.39, 0.29) is 5.56 Å². The van der Waals surface area contributed by atoms with E-state index >= 15 is 0 Å². The monoisotopic (exact) mass is 202 g/mol. The van der Waals surface area contributed by atoms with Crippen LogP contribution in [0.2, 0.25) is 0 Å². The zero-order valence-corrected chi connectivity index (χ0v) is 7.72. The van der Waals surface area contributed by atoms with Crippen molar-refractivity contribution < 1.29 is 9.18 Å². The highest BCUT2D eigenvalue weighted by atomic mass is 19.1. The molecule has 0 spiro atoms. The van der Waals surface area contributed by atoms with Crippen molar-refractivity contribution in [2.75, 3.05) is 0 Å². The number of rotatable bonds is 2. The number of pyridine rings is 2. The van der Waals surface area contributed by atoms with Crippen LogP contribution in [0.3, 0.4) is 0 Å². The Morgan fingerprint density at radius 3 is 2.87 bits per heavy atom. The molecule has 0 amide bonds. The molecule has 2 aromatic heterocycles. The van der Waals surface area contributed by atoms with Crippen LogP contribution in [0.15, 0.2) is 36.8 Å². The lowest BCUT2D eigenvalue weighted by molar-refractivity contribution is 0.112. The van der Waals surface area contributed by atoms with Crippen molar-refractivity contribution in [3.8, 4) is 11.3 Å². The van der Waals surface area contributed by atoms with E-state index in [2.05, 4.69) is 9.97 Å². The summed E-state index contributed by atoms with van der Waals surface area (Å²) in [5, 5.41) is 0. The molecule has 0 bridgehead atoms. The fraction of sp³-hybridized carbons (Fsp3) is 0. The second-order valence-corrected chi connectivity index (χ2v) is 2.95. The maximum absolute atomic E-state index is 12.8. The van der Waals surface area contributed by atoms with E-state index in [1.54, 1.807) is 24.5 Å². The molecular weight excluding hydrogens is 195 g/mol. The molecule has 2 heterocycles. The van der Waals surface area contributed by atoms with Gasteiger partial charge in [0.1, 0.15) is 5.82 Å². The SMILES string of the molecule is O=Cc1cc(F)cnc1-c1cccnc1. The normalized spacial score (nSPS) is 9.93. The van der Waals surface area contributed by atoms with Crippen LogP contribution in [-0.2, 0) is 0 Å². The van der Waals surface area contributed by atoms with Gasteiger partial charge in [-0.2, -0.15) is 0 Å². The molecule has 4 heteroatoms. The molecule has 74 valence electrons. The lowest BCUT2D eigenvalue weighted by atomic mass is 10.1. The first-order chi connectivity index (χ1) is 7.31. The largest absolute Gasteiger partial charge is 0.298 e. The summed E-state index contributed by atoms with van der Waals surface area (Å²) in [5.74, 6) is -0.523. The lowest BCUT2D eigenvalue weighted by Gasteiger charge is -2.02. The zero-order valence-electron chi connectivity index (χ0n) is 7.72. The number of nitrogens with zero attached hydrogens (tertiary/aromatic N) is 2. The molecule has 0 N–H and O–H groups in total. The molecular formula is C11H7FN2O. The molecule has 0 saturated carbocycles. The Kier molecular flexibility index (Phi) is 2.49. The second kappa shape index (κ2) is 3.96. The summed E-state index contributed by atoms with van der Waals surface area (Å²) < 4.78 is 12.8. The third kappa shape index (κ3) is 1.88. The van der Waals surface area contributed by atoms with E-state index < -0.39 is 5.82 Å². The maximum Gasteiger partial charge on any atom is 0.152 e. The van der Waals surface area contributed by atoms with Crippen molar-refractivity contribution in [1.82, 2.24) is 9.97 Å². The van der Waals surface area contributed by atoms with E-state index in [9.17, 15) is 9.18 Å². The first-order valence-corrected chi connectivity index (χ1v) is 4.32. The van der Waals surface area contributed by atoms with Crippen LogP contribution in [0.25, 0.3) is 11.3 Å². The summed E-state index contributed by atoms with van der Waals surface area (Å²) in [7, 11) is 0. The van der Waals surface area contributed by atoms with Gasteiger partial charge in [-0.25, -0.2) is 4.39 Å². The van der Waals surface area contributed by atoms with Gasteiger partial charge in [-0.15, -0.1) is 0 Å². The molecule has 0 atom stereocenters. The van der Waals surface area contributed by atoms with Crippen LogP contribution in [-0.4, -0.2) is 16.3 Å². The predicted molar refractivity (Wildman–Crippen MR) is 52.8 cm³/mol. The molecule has 0 aromatic carbocycles. The Bertz CT molecular complexity index is 485. The highest BCUT2D eigenvalue weighted by Gasteiger charge is 2.07. The molecule has 0 aliphatic carbocycles. The van der Waals surface area contributed by atoms with Gasteiger partial charge in [-0.1, -0.05) is 0 Å². The van der Waals surface area contributed by atoms with Gasteiger partial charge in [-0.3, -0.25) is 14.8 Å². The summed E-state index contributed by atoms with van der Waals surface area (Å²) in [4.78, 5) is 18.5. The number of halogens is 1. The van der Waals surface area contributed by atoms with E-state index in [0.29, 0.717) is 17.5 Å². The molecule has 0 unspecified atom stereocenters. The molecule has 0 aliphatic rings. The first-order valence-electron chi connectivity index (χ1n) is 4.32. The first kappa shape index (κ1) is 9.45.